The van der Waals surface area contributed by atoms with E-state index in [-0.39, 0.29) is 6.03 Å². The molecule has 3 heterocycles. The number of benzene rings is 1. The Morgan fingerprint density at radius 3 is 2.73 bits per heavy atom. The lowest BCUT2D eigenvalue weighted by molar-refractivity contribution is 0.0451. The number of hydrogen-bond donors (Lipinski definition) is 0. The summed E-state index contributed by atoms with van der Waals surface area (Å²) in [6, 6.07) is 6.24. The Kier molecular flexibility index (Phi) is 3.54. The van der Waals surface area contributed by atoms with Crippen molar-refractivity contribution < 1.29 is 19.0 Å². The summed E-state index contributed by atoms with van der Waals surface area (Å²) in [6.07, 6.45) is 0.996. The highest BCUT2D eigenvalue weighted by molar-refractivity contribution is 5.75. The lowest BCUT2D eigenvalue weighted by Crippen LogP contribution is -2.47. The molecular formula is C16H20N2O4. The van der Waals surface area contributed by atoms with Gasteiger partial charge in [0.25, 0.3) is 0 Å². The summed E-state index contributed by atoms with van der Waals surface area (Å²) in [6.45, 7) is 4.57. The molecule has 4 rings (SSSR count). The van der Waals surface area contributed by atoms with Crippen LogP contribution in [0.15, 0.2) is 18.2 Å². The van der Waals surface area contributed by atoms with E-state index in [4.69, 9.17) is 14.2 Å². The summed E-state index contributed by atoms with van der Waals surface area (Å²) in [4.78, 5) is 16.4. The average Bonchev–Trinajstić information content (AvgIpc) is 3.23. The van der Waals surface area contributed by atoms with Gasteiger partial charge >= 0.3 is 6.03 Å². The number of hydrogen-bond acceptors (Lipinski definition) is 4. The van der Waals surface area contributed by atoms with Gasteiger partial charge in [-0.3, -0.25) is 0 Å². The van der Waals surface area contributed by atoms with Crippen LogP contribution in [0.1, 0.15) is 17.9 Å². The van der Waals surface area contributed by atoms with E-state index in [1.165, 1.54) is 5.56 Å². The van der Waals surface area contributed by atoms with E-state index in [1.807, 2.05) is 15.9 Å². The van der Waals surface area contributed by atoms with Crippen molar-refractivity contribution in [3.05, 3.63) is 23.8 Å². The molecule has 118 valence electrons. The molecule has 0 aliphatic carbocycles. The summed E-state index contributed by atoms with van der Waals surface area (Å²) in [5, 5.41) is 0. The SMILES string of the molecule is O=C(N1CCOCC1)N1CCC(c2ccc3c(c2)OCO3)C1. The zero-order valence-electron chi connectivity index (χ0n) is 12.5. The molecule has 1 aromatic rings. The number of amides is 2. The van der Waals surface area contributed by atoms with Crippen LogP contribution in [0.4, 0.5) is 4.79 Å². The Morgan fingerprint density at radius 2 is 1.86 bits per heavy atom. The standard InChI is InChI=1S/C16H20N2O4/c19-16(17-5-7-20-8-6-17)18-4-3-13(10-18)12-1-2-14-15(9-12)22-11-21-14/h1-2,9,13H,3-8,10-11H2. The van der Waals surface area contributed by atoms with Gasteiger partial charge in [-0.2, -0.15) is 0 Å². The van der Waals surface area contributed by atoms with E-state index in [1.54, 1.807) is 0 Å². The smallest absolute Gasteiger partial charge is 0.320 e. The maximum atomic E-state index is 12.5. The fourth-order valence-electron chi connectivity index (χ4n) is 3.33. The Bertz CT molecular complexity index is 571. The molecule has 2 saturated heterocycles. The number of morpholine rings is 1. The zero-order chi connectivity index (χ0) is 14.9. The Morgan fingerprint density at radius 1 is 1.05 bits per heavy atom. The highest BCUT2D eigenvalue weighted by Crippen LogP contribution is 2.37. The van der Waals surface area contributed by atoms with E-state index in [9.17, 15) is 4.79 Å². The van der Waals surface area contributed by atoms with E-state index in [2.05, 4.69) is 12.1 Å². The topological polar surface area (TPSA) is 51.2 Å². The van der Waals surface area contributed by atoms with Crippen LogP contribution in [0.2, 0.25) is 0 Å². The van der Waals surface area contributed by atoms with Crippen molar-refractivity contribution in [2.75, 3.05) is 46.2 Å². The molecule has 6 nitrogen and oxygen atoms in total. The molecule has 1 unspecified atom stereocenters. The number of ether oxygens (including phenoxy) is 3. The second kappa shape index (κ2) is 5.68. The number of rotatable bonds is 1. The molecule has 3 aliphatic heterocycles. The largest absolute Gasteiger partial charge is 0.454 e. The molecule has 22 heavy (non-hydrogen) atoms. The third kappa shape index (κ3) is 2.47. The third-order valence-corrected chi connectivity index (χ3v) is 4.61. The molecule has 0 spiro atoms. The van der Waals surface area contributed by atoms with Crippen LogP contribution >= 0.6 is 0 Å². The van der Waals surface area contributed by atoms with Crippen molar-refractivity contribution in [1.29, 1.82) is 0 Å². The predicted molar refractivity (Wildman–Crippen MR) is 79.3 cm³/mol. The van der Waals surface area contributed by atoms with Gasteiger partial charge in [-0.25, -0.2) is 4.79 Å². The van der Waals surface area contributed by atoms with E-state index in [0.29, 0.717) is 39.0 Å². The third-order valence-electron chi connectivity index (χ3n) is 4.61. The zero-order valence-corrected chi connectivity index (χ0v) is 12.5. The molecule has 1 atom stereocenters. The summed E-state index contributed by atoms with van der Waals surface area (Å²) in [7, 11) is 0. The van der Waals surface area contributed by atoms with Gasteiger partial charge in [0.15, 0.2) is 11.5 Å². The monoisotopic (exact) mass is 304 g/mol. The molecule has 1 aromatic carbocycles. The van der Waals surface area contributed by atoms with Crippen LogP contribution in [-0.2, 0) is 4.74 Å². The van der Waals surface area contributed by atoms with Gasteiger partial charge in [0.05, 0.1) is 13.2 Å². The molecule has 6 heteroatoms. The molecule has 3 aliphatic rings. The molecule has 0 N–H and O–H groups in total. The number of carbonyl (C=O) groups is 1. The highest BCUT2D eigenvalue weighted by Gasteiger charge is 2.31. The number of carbonyl (C=O) groups excluding carboxylic acids is 1. The second-order valence-electron chi connectivity index (χ2n) is 5.93. The van der Waals surface area contributed by atoms with Crippen LogP contribution in [0.3, 0.4) is 0 Å². The number of fused-ring (bicyclic) bond motifs is 1. The van der Waals surface area contributed by atoms with Crippen LogP contribution in [0.25, 0.3) is 0 Å². The normalized spacial score (nSPS) is 23.9. The highest BCUT2D eigenvalue weighted by atomic mass is 16.7. The molecule has 2 fully saturated rings. The van der Waals surface area contributed by atoms with Crippen LogP contribution in [0, 0.1) is 0 Å². The first kappa shape index (κ1) is 13.7. The van der Waals surface area contributed by atoms with Gasteiger partial charge in [-0.15, -0.1) is 0 Å². The van der Waals surface area contributed by atoms with Crippen molar-refractivity contribution in [2.45, 2.75) is 12.3 Å². The van der Waals surface area contributed by atoms with Gasteiger partial charge in [-0.05, 0) is 24.1 Å². The average molecular weight is 304 g/mol. The minimum absolute atomic E-state index is 0.145. The Hall–Kier alpha value is -1.95. The van der Waals surface area contributed by atoms with Gasteiger partial charge in [-0.1, -0.05) is 6.07 Å². The number of nitrogens with zero attached hydrogens (tertiary/aromatic N) is 2. The van der Waals surface area contributed by atoms with Gasteiger partial charge in [0, 0.05) is 32.1 Å². The Balaban J connectivity index is 1.42. The summed E-state index contributed by atoms with van der Waals surface area (Å²) < 4.78 is 16.1. The quantitative estimate of drug-likeness (QED) is 0.792. The first-order chi connectivity index (χ1) is 10.8. The van der Waals surface area contributed by atoms with E-state index >= 15 is 0 Å². The molecule has 0 aromatic heterocycles. The lowest BCUT2D eigenvalue weighted by atomic mass is 9.98. The maximum Gasteiger partial charge on any atom is 0.320 e. The van der Waals surface area contributed by atoms with Crippen molar-refractivity contribution in [3.8, 4) is 11.5 Å². The number of urea groups is 1. The summed E-state index contributed by atoms with van der Waals surface area (Å²) in [5.41, 5.74) is 1.22. The van der Waals surface area contributed by atoms with Crippen molar-refractivity contribution in [1.82, 2.24) is 9.80 Å². The van der Waals surface area contributed by atoms with Crippen molar-refractivity contribution in [2.24, 2.45) is 0 Å². The Labute approximate surface area is 129 Å². The first-order valence-corrected chi connectivity index (χ1v) is 7.82. The minimum Gasteiger partial charge on any atom is -0.454 e. The van der Waals surface area contributed by atoms with Crippen LogP contribution < -0.4 is 9.47 Å². The lowest BCUT2D eigenvalue weighted by Gasteiger charge is -2.31. The van der Waals surface area contributed by atoms with E-state index < -0.39 is 0 Å². The van der Waals surface area contributed by atoms with E-state index in [0.717, 1.165) is 31.0 Å². The number of likely N-dealkylation sites (tertiary alicyclic amines) is 1. The van der Waals surface area contributed by atoms with Crippen LogP contribution in [-0.4, -0.2) is 62.0 Å². The molecule has 0 bridgehead atoms. The second-order valence-corrected chi connectivity index (χ2v) is 5.93. The van der Waals surface area contributed by atoms with Crippen molar-refractivity contribution in [3.63, 3.8) is 0 Å². The predicted octanol–water partition coefficient (Wildman–Crippen LogP) is 1.66. The first-order valence-electron chi connectivity index (χ1n) is 7.82. The van der Waals surface area contributed by atoms with Gasteiger partial charge in [0.1, 0.15) is 0 Å². The summed E-state index contributed by atoms with van der Waals surface area (Å²) >= 11 is 0. The fraction of sp³-hybridized carbons (Fsp3) is 0.562. The summed E-state index contributed by atoms with van der Waals surface area (Å²) in [5.74, 6) is 2.00. The van der Waals surface area contributed by atoms with Crippen LogP contribution in [0.5, 0.6) is 11.5 Å². The molecule has 0 radical (unpaired) electrons. The van der Waals surface area contributed by atoms with Crippen molar-refractivity contribution >= 4 is 6.03 Å². The maximum absolute atomic E-state index is 12.5. The molecule has 0 saturated carbocycles. The van der Waals surface area contributed by atoms with Gasteiger partial charge in [0.2, 0.25) is 6.79 Å². The molecule has 2 amide bonds. The minimum atomic E-state index is 0.145. The van der Waals surface area contributed by atoms with Gasteiger partial charge < -0.3 is 24.0 Å². The molecular weight excluding hydrogens is 284 g/mol. The fourth-order valence-corrected chi connectivity index (χ4v) is 3.33.